The summed E-state index contributed by atoms with van der Waals surface area (Å²) in [6.45, 7) is 12.1. The minimum Gasteiger partial charge on any atom is -0.481 e. The van der Waals surface area contributed by atoms with Gasteiger partial charge in [0.1, 0.15) is 11.9 Å². The Morgan fingerprint density at radius 2 is 1.63 bits per heavy atom. The molecule has 2 fully saturated rings. The van der Waals surface area contributed by atoms with Crippen molar-refractivity contribution >= 4 is 29.1 Å². The summed E-state index contributed by atoms with van der Waals surface area (Å²) >= 11 is 0. The van der Waals surface area contributed by atoms with Gasteiger partial charge in [-0.15, -0.1) is 0 Å². The van der Waals surface area contributed by atoms with Crippen LogP contribution < -0.4 is 0 Å². The molecule has 8 nitrogen and oxygen atoms in total. The summed E-state index contributed by atoms with van der Waals surface area (Å²) in [4.78, 5) is 65.7. The number of allylic oxidation sites excluding steroid dienone is 3. The van der Waals surface area contributed by atoms with Gasteiger partial charge in [0.2, 0.25) is 0 Å². The van der Waals surface area contributed by atoms with Crippen LogP contribution in [-0.2, 0) is 24.0 Å². The summed E-state index contributed by atoms with van der Waals surface area (Å²) in [5, 5.41) is 31.6. The molecule has 4 rings (SSSR count). The molecule has 4 aliphatic rings. The van der Waals surface area contributed by atoms with Crippen LogP contribution in [0.2, 0.25) is 0 Å². The van der Waals surface area contributed by atoms with Gasteiger partial charge >= 0.3 is 5.97 Å². The van der Waals surface area contributed by atoms with Crippen LogP contribution >= 0.6 is 0 Å². The van der Waals surface area contributed by atoms with Gasteiger partial charge in [-0.2, -0.15) is 0 Å². The summed E-state index contributed by atoms with van der Waals surface area (Å²) in [5.74, 6) is -4.48. The molecular weight excluding hydrogens is 488 g/mol. The average Bonchev–Trinajstić information content (AvgIpc) is 3.03. The monoisotopic (exact) mass is 528 g/mol. The van der Waals surface area contributed by atoms with Crippen molar-refractivity contribution in [1.82, 2.24) is 0 Å². The van der Waals surface area contributed by atoms with Crippen molar-refractivity contribution in [3.05, 3.63) is 22.8 Å². The second kappa shape index (κ2) is 8.78. The average molecular weight is 529 g/mol. The molecule has 8 atom stereocenters. The molecule has 0 heterocycles. The van der Waals surface area contributed by atoms with Gasteiger partial charge in [-0.25, -0.2) is 0 Å². The van der Waals surface area contributed by atoms with Crippen molar-refractivity contribution in [2.24, 2.45) is 39.4 Å². The Hall–Kier alpha value is -2.45. The van der Waals surface area contributed by atoms with Crippen LogP contribution in [0.3, 0.4) is 0 Å². The van der Waals surface area contributed by atoms with E-state index in [4.69, 9.17) is 5.11 Å². The predicted octanol–water partition coefficient (Wildman–Crippen LogP) is 3.23. The lowest BCUT2D eigenvalue weighted by molar-refractivity contribution is -0.156. The number of carbonyl (C=O) groups excluding carboxylic acids is 4. The van der Waals surface area contributed by atoms with Crippen molar-refractivity contribution in [1.29, 1.82) is 0 Å². The molecule has 0 spiro atoms. The van der Waals surface area contributed by atoms with Crippen LogP contribution in [0.1, 0.15) is 80.6 Å². The Labute approximate surface area is 223 Å². The Morgan fingerprint density at radius 3 is 2.21 bits per heavy atom. The van der Waals surface area contributed by atoms with Gasteiger partial charge in [0.15, 0.2) is 17.3 Å². The maximum Gasteiger partial charge on any atom is 0.306 e. The van der Waals surface area contributed by atoms with E-state index in [0.717, 1.165) is 0 Å². The first kappa shape index (κ1) is 28.6. The number of aliphatic carboxylic acids is 1. The van der Waals surface area contributed by atoms with E-state index in [-0.39, 0.29) is 47.9 Å². The van der Waals surface area contributed by atoms with Gasteiger partial charge in [0.05, 0.1) is 17.4 Å². The number of hydrogen-bond acceptors (Lipinski definition) is 7. The standard InChI is InChI=1S/C30H40O8/c1-14(10-16(31)11-15(2)26(37)38)17-12-21(34)30(7)22-18(32)13-19-27(3,4)20(33)8-9-28(19,5)23(22)24(35)25(36)29(17,30)6/h10,15,17,19-20,25,33,36H,8-9,11-13H2,1-7H3,(H,37,38). The molecule has 4 aliphatic carbocycles. The topological polar surface area (TPSA) is 146 Å². The van der Waals surface area contributed by atoms with Gasteiger partial charge in [-0.1, -0.05) is 40.2 Å². The Morgan fingerprint density at radius 1 is 1.03 bits per heavy atom. The molecule has 8 heteroatoms. The highest BCUT2D eigenvalue weighted by atomic mass is 16.4. The summed E-state index contributed by atoms with van der Waals surface area (Å²) < 4.78 is 0. The highest BCUT2D eigenvalue weighted by Crippen LogP contribution is 2.69. The summed E-state index contributed by atoms with van der Waals surface area (Å²) in [7, 11) is 0. The van der Waals surface area contributed by atoms with Gasteiger partial charge < -0.3 is 15.3 Å². The van der Waals surface area contributed by atoms with Crippen LogP contribution in [0.25, 0.3) is 0 Å². The molecule has 0 radical (unpaired) electrons. The molecule has 0 aromatic rings. The molecule has 0 saturated heterocycles. The molecule has 2 saturated carbocycles. The lowest BCUT2D eigenvalue weighted by atomic mass is 9.42. The molecule has 8 unspecified atom stereocenters. The number of carbonyl (C=O) groups is 5. The zero-order valence-electron chi connectivity index (χ0n) is 23.4. The normalized spacial score (nSPS) is 41.4. The van der Waals surface area contributed by atoms with E-state index < -0.39 is 63.2 Å². The van der Waals surface area contributed by atoms with Crippen LogP contribution in [0.4, 0.5) is 0 Å². The lowest BCUT2D eigenvalue weighted by Gasteiger charge is -2.60. The fourth-order valence-corrected chi connectivity index (χ4v) is 8.44. The van der Waals surface area contributed by atoms with E-state index in [2.05, 4.69) is 0 Å². The number of rotatable bonds is 5. The number of ketones is 4. The fourth-order valence-electron chi connectivity index (χ4n) is 8.44. The van der Waals surface area contributed by atoms with E-state index in [1.165, 1.54) is 13.0 Å². The third-order valence-electron chi connectivity index (χ3n) is 11.1. The second-order valence-corrected chi connectivity index (χ2v) is 13.4. The van der Waals surface area contributed by atoms with E-state index in [9.17, 15) is 34.2 Å². The van der Waals surface area contributed by atoms with Crippen LogP contribution in [0.15, 0.2) is 22.8 Å². The largest absolute Gasteiger partial charge is 0.481 e. The molecule has 0 aromatic heterocycles. The molecule has 0 amide bonds. The zero-order valence-corrected chi connectivity index (χ0v) is 23.4. The quantitative estimate of drug-likeness (QED) is 0.461. The van der Waals surface area contributed by atoms with Crippen LogP contribution in [0.5, 0.6) is 0 Å². The number of carboxylic acid groups (broad SMARTS) is 1. The Kier molecular flexibility index (Phi) is 6.60. The summed E-state index contributed by atoms with van der Waals surface area (Å²) in [6, 6.07) is 0. The van der Waals surface area contributed by atoms with E-state index >= 15 is 0 Å². The van der Waals surface area contributed by atoms with E-state index in [1.807, 2.05) is 20.8 Å². The van der Waals surface area contributed by atoms with Crippen LogP contribution in [-0.4, -0.2) is 56.6 Å². The molecule has 0 aromatic carbocycles. The van der Waals surface area contributed by atoms with E-state index in [1.54, 1.807) is 20.8 Å². The second-order valence-electron chi connectivity index (χ2n) is 13.4. The SMILES string of the molecule is CC(=CC(=O)CC(C)C(=O)O)C1CC(=O)C2(C)C3=C(C(=O)C(O)C12C)C1(C)CCC(O)C(C)(C)C1CC3=O. The van der Waals surface area contributed by atoms with Crippen molar-refractivity contribution < 1.29 is 39.3 Å². The summed E-state index contributed by atoms with van der Waals surface area (Å²) in [6.07, 6.45) is -0.130. The maximum atomic E-state index is 14.1. The highest BCUT2D eigenvalue weighted by molar-refractivity contribution is 6.18. The Bertz CT molecular complexity index is 1210. The molecule has 38 heavy (non-hydrogen) atoms. The first-order valence-electron chi connectivity index (χ1n) is 13.5. The number of hydrogen-bond donors (Lipinski definition) is 3. The number of aliphatic hydroxyl groups excluding tert-OH is 2. The Balaban J connectivity index is 1.86. The van der Waals surface area contributed by atoms with Crippen LogP contribution in [0, 0.1) is 39.4 Å². The number of fused-ring (bicyclic) bond motifs is 4. The minimum atomic E-state index is -1.57. The zero-order chi connectivity index (χ0) is 28.7. The third kappa shape index (κ3) is 3.52. The first-order chi connectivity index (χ1) is 17.4. The van der Waals surface area contributed by atoms with Gasteiger partial charge in [0.25, 0.3) is 0 Å². The molecule has 208 valence electrons. The van der Waals surface area contributed by atoms with Crippen molar-refractivity contribution in [3.8, 4) is 0 Å². The van der Waals surface area contributed by atoms with Gasteiger partial charge in [0, 0.05) is 41.2 Å². The number of carboxylic acids is 1. The molecular formula is C30H40O8. The minimum absolute atomic E-state index is 0.0458. The molecule has 3 N–H and O–H groups in total. The van der Waals surface area contributed by atoms with Crippen molar-refractivity contribution in [2.75, 3.05) is 0 Å². The predicted molar refractivity (Wildman–Crippen MR) is 138 cm³/mol. The maximum absolute atomic E-state index is 14.1. The smallest absolute Gasteiger partial charge is 0.306 e. The van der Waals surface area contributed by atoms with Gasteiger partial charge in [-0.3, -0.25) is 24.0 Å². The first-order valence-corrected chi connectivity index (χ1v) is 13.5. The number of aliphatic hydroxyl groups is 2. The van der Waals surface area contributed by atoms with E-state index in [0.29, 0.717) is 18.4 Å². The fraction of sp³-hybridized carbons (Fsp3) is 0.700. The lowest BCUT2D eigenvalue weighted by Crippen LogP contribution is -2.64. The van der Waals surface area contributed by atoms with Gasteiger partial charge in [-0.05, 0) is 50.0 Å². The van der Waals surface area contributed by atoms with Crippen molar-refractivity contribution in [3.63, 3.8) is 0 Å². The number of Topliss-reactive ketones (excluding diaryl/α,β-unsaturated/α-hetero) is 3. The molecule has 0 bridgehead atoms. The highest BCUT2D eigenvalue weighted by Gasteiger charge is 2.73. The van der Waals surface area contributed by atoms with Crippen molar-refractivity contribution in [2.45, 2.75) is 92.8 Å². The summed E-state index contributed by atoms with van der Waals surface area (Å²) in [5.41, 5.74) is -3.28. The molecule has 0 aliphatic heterocycles. The third-order valence-corrected chi connectivity index (χ3v) is 11.1.